The molecule has 0 saturated heterocycles. The number of fused-ring (bicyclic) bond motifs is 1. The van der Waals surface area contributed by atoms with E-state index in [4.69, 9.17) is 5.11 Å². The topological polar surface area (TPSA) is 55.1 Å². The van der Waals surface area contributed by atoms with Crippen LogP contribution < -0.4 is 0 Å². The normalized spacial score (nSPS) is 11.8. The van der Waals surface area contributed by atoms with Crippen molar-refractivity contribution in [3.05, 3.63) is 72.2 Å². The van der Waals surface area contributed by atoms with Gasteiger partial charge in [-0.05, 0) is 43.5 Å². The average molecular weight is 306 g/mol. The van der Waals surface area contributed by atoms with Gasteiger partial charge in [-0.25, -0.2) is 4.79 Å². The number of nitrogens with zero attached hydrogens (tertiary/aromatic N) is 2. The average Bonchev–Trinajstić information content (AvgIpc) is 2.94. The molecule has 0 fully saturated rings. The number of aryl methyl sites for hydroxylation is 1. The summed E-state index contributed by atoms with van der Waals surface area (Å²) in [5, 5.41) is 10.1. The molecular weight excluding hydrogens is 288 g/mol. The van der Waals surface area contributed by atoms with Crippen LogP contribution >= 0.6 is 0 Å². The van der Waals surface area contributed by atoms with Crippen molar-refractivity contribution < 1.29 is 9.90 Å². The molecular formula is C19H18N2O2. The van der Waals surface area contributed by atoms with Crippen molar-refractivity contribution >= 4 is 16.9 Å². The first kappa shape index (κ1) is 15.0. The molecule has 4 heteroatoms. The first-order valence-electron chi connectivity index (χ1n) is 7.56. The Hall–Kier alpha value is -2.88. The number of rotatable bonds is 5. The van der Waals surface area contributed by atoms with Crippen molar-refractivity contribution in [2.75, 3.05) is 0 Å². The van der Waals surface area contributed by atoms with Crippen LogP contribution in [0.1, 0.15) is 18.9 Å². The molecule has 3 rings (SSSR count). The Bertz CT molecular complexity index is 863. The summed E-state index contributed by atoms with van der Waals surface area (Å²) >= 11 is 0. The lowest BCUT2D eigenvalue weighted by atomic mass is 10.1. The summed E-state index contributed by atoms with van der Waals surface area (Å²) < 4.78 is 2.13. The highest BCUT2D eigenvalue weighted by molar-refractivity contribution is 5.86. The van der Waals surface area contributed by atoms with Crippen molar-refractivity contribution in [2.24, 2.45) is 0 Å². The molecule has 23 heavy (non-hydrogen) atoms. The zero-order valence-corrected chi connectivity index (χ0v) is 12.9. The summed E-state index contributed by atoms with van der Waals surface area (Å²) in [7, 11) is 0. The summed E-state index contributed by atoms with van der Waals surface area (Å²) in [6, 6.07) is 12.2. The zero-order chi connectivity index (χ0) is 16.2. The number of carboxylic acids is 1. The van der Waals surface area contributed by atoms with Crippen LogP contribution in [0.3, 0.4) is 0 Å². The molecule has 0 aliphatic heterocycles. The molecule has 0 unspecified atom stereocenters. The third-order valence-corrected chi connectivity index (χ3v) is 3.92. The molecule has 4 nitrogen and oxygen atoms in total. The van der Waals surface area contributed by atoms with E-state index in [1.807, 2.05) is 30.5 Å². The maximum atomic E-state index is 10.9. The molecule has 1 N–H and O–H groups in total. The van der Waals surface area contributed by atoms with Crippen molar-refractivity contribution in [3.63, 3.8) is 0 Å². The Morgan fingerprint density at radius 2 is 2.09 bits per heavy atom. The van der Waals surface area contributed by atoms with Gasteiger partial charge in [-0.1, -0.05) is 24.3 Å². The molecule has 0 bridgehead atoms. The molecule has 3 aromatic rings. The minimum atomic E-state index is -0.859. The van der Waals surface area contributed by atoms with Crippen LogP contribution in [0.25, 0.3) is 16.6 Å². The summed E-state index contributed by atoms with van der Waals surface area (Å²) in [6.07, 6.45) is 9.00. The van der Waals surface area contributed by atoms with Crippen molar-refractivity contribution in [1.82, 2.24) is 9.55 Å². The number of para-hydroxylation sites is 1. The Morgan fingerprint density at radius 3 is 2.83 bits per heavy atom. The van der Waals surface area contributed by atoms with Gasteiger partial charge in [0.05, 0.1) is 17.4 Å². The van der Waals surface area contributed by atoms with Crippen LogP contribution in [0, 0.1) is 0 Å². The van der Waals surface area contributed by atoms with Gasteiger partial charge in [-0.3, -0.25) is 4.98 Å². The second-order valence-electron chi connectivity index (χ2n) is 5.48. The van der Waals surface area contributed by atoms with Gasteiger partial charge in [-0.2, -0.15) is 0 Å². The predicted octanol–water partition coefficient (Wildman–Crippen LogP) is 3.99. The molecule has 0 spiro atoms. The molecule has 116 valence electrons. The highest BCUT2D eigenvalue weighted by Gasteiger charge is 2.09. The van der Waals surface area contributed by atoms with E-state index in [0.717, 1.165) is 17.6 Å². The van der Waals surface area contributed by atoms with Gasteiger partial charge >= 0.3 is 5.97 Å². The van der Waals surface area contributed by atoms with E-state index < -0.39 is 5.97 Å². The fraction of sp³-hybridized carbons (Fsp3) is 0.158. The van der Waals surface area contributed by atoms with Crippen LogP contribution in [-0.4, -0.2) is 20.6 Å². The minimum Gasteiger partial charge on any atom is -0.478 e. The molecule has 1 aromatic carbocycles. The first-order valence-corrected chi connectivity index (χ1v) is 7.56. The largest absolute Gasteiger partial charge is 0.478 e. The second kappa shape index (κ2) is 6.48. The summed E-state index contributed by atoms with van der Waals surface area (Å²) in [6.45, 7) is 1.63. The number of pyridine rings is 1. The monoisotopic (exact) mass is 306 g/mol. The number of aliphatic carboxylic acids is 1. The third-order valence-electron chi connectivity index (χ3n) is 3.92. The van der Waals surface area contributed by atoms with Crippen LogP contribution in [0.4, 0.5) is 0 Å². The number of hydrogen-bond donors (Lipinski definition) is 1. The van der Waals surface area contributed by atoms with Crippen LogP contribution in [0.2, 0.25) is 0 Å². The highest BCUT2D eigenvalue weighted by atomic mass is 16.4. The van der Waals surface area contributed by atoms with E-state index in [2.05, 4.69) is 27.9 Å². The van der Waals surface area contributed by atoms with E-state index in [9.17, 15) is 4.79 Å². The van der Waals surface area contributed by atoms with Crippen molar-refractivity contribution in [2.45, 2.75) is 19.8 Å². The van der Waals surface area contributed by atoms with Crippen molar-refractivity contribution in [1.29, 1.82) is 0 Å². The summed E-state index contributed by atoms with van der Waals surface area (Å²) in [5.74, 6) is -0.859. The predicted molar refractivity (Wildman–Crippen MR) is 90.8 cm³/mol. The molecule has 0 atom stereocenters. The van der Waals surface area contributed by atoms with E-state index in [1.165, 1.54) is 10.9 Å². The number of allylic oxidation sites excluding steroid dienone is 1. The molecule has 0 amide bonds. The molecule has 0 saturated carbocycles. The highest BCUT2D eigenvalue weighted by Crippen LogP contribution is 2.25. The molecule has 0 aliphatic carbocycles. The van der Waals surface area contributed by atoms with Gasteiger partial charge in [-0.15, -0.1) is 0 Å². The van der Waals surface area contributed by atoms with E-state index >= 15 is 0 Å². The van der Waals surface area contributed by atoms with Gasteiger partial charge in [0, 0.05) is 23.4 Å². The smallest absolute Gasteiger partial charge is 0.330 e. The molecule has 2 heterocycles. The van der Waals surface area contributed by atoms with Gasteiger partial charge in [0.1, 0.15) is 0 Å². The maximum absolute atomic E-state index is 10.9. The summed E-state index contributed by atoms with van der Waals surface area (Å²) in [5.41, 5.74) is 3.75. The van der Waals surface area contributed by atoms with E-state index in [-0.39, 0.29) is 0 Å². The van der Waals surface area contributed by atoms with Gasteiger partial charge in [0.2, 0.25) is 0 Å². The Labute approximate surface area is 134 Å². The van der Waals surface area contributed by atoms with Crippen molar-refractivity contribution in [3.8, 4) is 5.69 Å². The number of aromatic nitrogens is 2. The Balaban J connectivity index is 1.96. The Morgan fingerprint density at radius 1 is 1.26 bits per heavy atom. The van der Waals surface area contributed by atoms with E-state index in [1.54, 1.807) is 19.2 Å². The Kier molecular flexibility index (Phi) is 4.24. The fourth-order valence-corrected chi connectivity index (χ4v) is 2.69. The lowest BCUT2D eigenvalue weighted by Gasteiger charge is -2.03. The number of carbonyl (C=O) groups is 1. The minimum absolute atomic E-state index is 0.390. The fourth-order valence-electron chi connectivity index (χ4n) is 2.69. The van der Waals surface area contributed by atoms with Crippen LogP contribution in [0.15, 0.2) is 66.6 Å². The molecule has 0 aliphatic rings. The van der Waals surface area contributed by atoms with E-state index in [0.29, 0.717) is 12.0 Å². The standard InChI is InChI=1S/C19H18N2O2/c1-14(19(22)23)6-4-7-15-13-21(16-8-5-11-20-12-16)18-10-3-2-9-17(15)18/h2-3,5-6,8-13H,4,7H2,1H3,(H,22,23). The number of benzene rings is 1. The van der Waals surface area contributed by atoms with Crippen LogP contribution in [0.5, 0.6) is 0 Å². The van der Waals surface area contributed by atoms with Gasteiger partial charge in [0.15, 0.2) is 0 Å². The van der Waals surface area contributed by atoms with Crippen LogP contribution in [-0.2, 0) is 11.2 Å². The quantitative estimate of drug-likeness (QED) is 0.725. The molecule has 0 radical (unpaired) electrons. The SMILES string of the molecule is CC(=CCCc1cn(-c2cccnc2)c2ccccc12)C(=O)O. The lowest BCUT2D eigenvalue weighted by Crippen LogP contribution is -1.96. The number of hydrogen-bond acceptors (Lipinski definition) is 2. The van der Waals surface area contributed by atoms with Gasteiger partial charge in [0.25, 0.3) is 0 Å². The molecule has 2 aromatic heterocycles. The lowest BCUT2D eigenvalue weighted by molar-refractivity contribution is -0.132. The number of carboxylic acid groups (broad SMARTS) is 1. The third kappa shape index (κ3) is 3.16. The first-order chi connectivity index (χ1) is 11.2. The maximum Gasteiger partial charge on any atom is 0.330 e. The zero-order valence-electron chi connectivity index (χ0n) is 12.9. The van der Waals surface area contributed by atoms with Gasteiger partial charge < -0.3 is 9.67 Å². The summed E-state index contributed by atoms with van der Waals surface area (Å²) in [4.78, 5) is 15.1. The second-order valence-corrected chi connectivity index (χ2v) is 5.48.